The summed E-state index contributed by atoms with van der Waals surface area (Å²) in [7, 11) is 0. The highest BCUT2D eigenvalue weighted by atomic mass is 32.1. The molecule has 0 spiro atoms. The first-order chi connectivity index (χ1) is 15.4. The van der Waals surface area contributed by atoms with Crippen LogP contribution in [0.1, 0.15) is 15.9 Å². The number of primary amides is 1. The van der Waals surface area contributed by atoms with Gasteiger partial charge < -0.3 is 11.1 Å². The highest BCUT2D eigenvalue weighted by Gasteiger charge is 2.21. The summed E-state index contributed by atoms with van der Waals surface area (Å²) in [4.78, 5) is 36.5. The van der Waals surface area contributed by atoms with E-state index in [1.165, 1.54) is 18.2 Å². The van der Waals surface area contributed by atoms with E-state index >= 15 is 0 Å². The van der Waals surface area contributed by atoms with E-state index in [9.17, 15) is 18.8 Å². The van der Waals surface area contributed by atoms with Crippen LogP contribution in [-0.4, -0.2) is 27.1 Å². The number of rotatable bonds is 4. The highest BCUT2D eigenvalue weighted by Crippen LogP contribution is 2.34. The molecule has 0 saturated carbocycles. The molecule has 4 rings (SSSR count). The zero-order valence-corrected chi connectivity index (χ0v) is 17.2. The standard InChI is InChI=1S/C22H16FN5O3S/c23-14-7-3-1-6-13(14)19(29)25-15-8-4-2-5-11(15)12-9-10-16-18(20(30)28-27-16)17(12)21(32)26-22(24)31/h1-10H,(H,25,29)(H2,27,28,30)(H3,24,26,31,32). The smallest absolute Gasteiger partial charge is 0.317 e. The molecular formula is C22H16FN5O3S. The topological polar surface area (TPSA) is 133 Å². The summed E-state index contributed by atoms with van der Waals surface area (Å²) in [5.74, 6) is -1.30. The number of aromatic nitrogens is 2. The second kappa shape index (κ2) is 8.44. The number of nitrogens with two attached hydrogens (primary N) is 1. The van der Waals surface area contributed by atoms with E-state index in [2.05, 4.69) is 20.8 Å². The van der Waals surface area contributed by atoms with Crippen LogP contribution in [0.3, 0.4) is 0 Å². The summed E-state index contributed by atoms with van der Waals surface area (Å²) in [5, 5.41) is 10.5. The molecule has 3 aromatic carbocycles. The minimum Gasteiger partial charge on any atom is -0.351 e. The summed E-state index contributed by atoms with van der Waals surface area (Å²) < 4.78 is 14.1. The van der Waals surface area contributed by atoms with Crippen molar-refractivity contribution in [2.24, 2.45) is 5.73 Å². The molecular weight excluding hydrogens is 433 g/mol. The summed E-state index contributed by atoms with van der Waals surface area (Å²) in [6, 6.07) is 14.8. The highest BCUT2D eigenvalue weighted by molar-refractivity contribution is 7.80. The molecule has 0 saturated heterocycles. The lowest BCUT2D eigenvalue weighted by Gasteiger charge is -2.16. The molecule has 10 heteroatoms. The van der Waals surface area contributed by atoms with E-state index in [1.807, 2.05) is 0 Å². The number of benzene rings is 3. The van der Waals surface area contributed by atoms with Gasteiger partial charge in [-0.1, -0.05) is 48.6 Å². The van der Waals surface area contributed by atoms with E-state index in [0.717, 1.165) is 0 Å². The number of aromatic amines is 2. The van der Waals surface area contributed by atoms with Crippen molar-refractivity contribution in [2.75, 3.05) is 5.32 Å². The molecule has 0 aliphatic rings. The quantitative estimate of drug-likeness (QED) is 0.306. The monoisotopic (exact) mass is 449 g/mol. The second-order valence-corrected chi connectivity index (χ2v) is 7.20. The van der Waals surface area contributed by atoms with Gasteiger partial charge in [-0.3, -0.25) is 25.1 Å². The van der Waals surface area contributed by atoms with Gasteiger partial charge in [0.05, 0.1) is 16.5 Å². The summed E-state index contributed by atoms with van der Waals surface area (Å²) in [5.41, 5.74) is 6.71. The molecule has 0 radical (unpaired) electrons. The molecule has 0 fully saturated rings. The number of hydrogen-bond donors (Lipinski definition) is 5. The zero-order valence-electron chi connectivity index (χ0n) is 16.4. The lowest BCUT2D eigenvalue weighted by atomic mass is 9.95. The molecule has 32 heavy (non-hydrogen) atoms. The summed E-state index contributed by atoms with van der Waals surface area (Å²) in [6.07, 6.45) is 0. The number of anilines is 1. The Morgan fingerprint density at radius 1 is 0.938 bits per heavy atom. The number of fused-ring (bicyclic) bond motifs is 1. The maximum Gasteiger partial charge on any atom is 0.317 e. The van der Waals surface area contributed by atoms with Crippen LogP contribution >= 0.6 is 12.2 Å². The van der Waals surface area contributed by atoms with Crippen molar-refractivity contribution in [2.45, 2.75) is 0 Å². The fourth-order valence-corrected chi connectivity index (χ4v) is 3.74. The van der Waals surface area contributed by atoms with Crippen LogP contribution < -0.4 is 21.9 Å². The minimum atomic E-state index is -0.883. The lowest BCUT2D eigenvalue weighted by molar-refractivity contribution is 0.102. The molecule has 6 N–H and O–H groups in total. The number of amides is 3. The van der Waals surface area contributed by atoms with Gasteiger partial charge in [0.2, 0.25) is 0 Å². The van der Waals surface area contributed by atoms with Crippen LogP contribution in [0.15, 0.2) is 65.5 Å². The number of carbonyl (C=O) groups excluding carboxylic acids is 2. The predicted octanol–water partition coefficient (Wildman–Crippen LogP) is 3.26. The first kappa shape index (κ1) is 20.9. The fourth-order valence-electron chi connectivity index (χ4n) is 3.43. The average Bonchev–Trinajstić information content (AvgIpc) is 3.14. The number of urea groups is 1. The average molecular weight is 449 g/mol. The molecule has 0 bridgehead atoms. The molecule has 1 heterocycles. The van der Waals surface area contributed by atoms with E-state index in [4.69, 9.17) is 18.0 Å². The van der Waals surface area contributed by atoms with Gasteiger partial charge in [-0.2, -0.15) is 0 Å². The zero-order chi connectivity index (χ0) is 22.8. The lowest BCUT2D eigenvalue weighted by Crippen LogP contribution is -2.35. The van der Waals surface area contributed by atoms with Gasteiger partial charge in [0.25, 0.3) is 11.5 Å². The third kappa shape index (κ3) is 3.86. The molecule has 1 aromatic heterocycles. The van der Waals surface area contributed by atoms with Gasteiger partial charge in [0.15, 0.2) is 0 Å². The van der Waals surface area contributed by atoms with Crippen molar-refractivity contribution in [3.8, 4) is 11.1 Å². The fraction of sp³-hybridized carbons (Fsp3) is 0. The summed E-state index contributed by atoms with van der Waals surface area (Å²) >= 11 is 5.35. The molecule has 0 unspecified atom stereocenters. The van der Waals surface area contributed by atoms with Gasteiger partial charge in [0, 0.05) is 16.8 Å². The van der Waals surface area contributed by atoms with Crippen molar-refractivity contribution >= 4 is 45.7 Å². The van der Waals surface area contributed by atoms with Crippen molar-refractivity contribution in [1.82, 2.24) is 15.5 Å². The van der Waals surface area contributed by atoms with Crippen LogP contribution in [0.25, 0.3) is 22.0 Å². The molecule has 0 aliphatic heterocycles. The van der Waals surface area contributed by atoms with Crippen LogP contribution in [0.2, 0.25) is 0 Å². The van der Waals surface area contributed by atoms with Crippen molar-refractivity contribution in [3.63, 3.8) is 0 Å². The number of nitrogens with one attached hydrogen (secondary N) is 4. The first-order valence-corrected chi connectivity index (χ1v) is 9.77. The van der Waals surface area contributed by atoms with E-state index in [1.54, 1.807) is 42.5 Å². The van der Waals surface area contributed by atoms with Crippen molar-refractivity contribution in [3.05, 3.63) is 88.0 Å². The number of thiocarbonyl (C=S) groups is 1. The molecule has 160 valence electrons. The Labute approximate surface area is 185 Å². The summed E-state index contributed by atoms with van der Waals surface area (Å²) in [6.45, 7) is 0. The maximum absolute atomic E-state index is 14.1. The van der Waals surface area contributed by atoms with E-state index in [0.29, 0.717) is 22.3 Å². The minimum absolute atomic E-state index is 0.0570. The van der Waals surface area contributed by atoms with Gasteiger partial charge in [-0.05, 0) is 29.8 Å². The van der Waals surface area contributed by atoms with Crippen molar-refractivity contribution in [1.29, 1.82) is 0 Å². The van der Waals surface area contributed by atoms with Crippen molar-refractivity contribution < 1.29 is 14.0 Å². The Balaban J connectivity index is 1.87. The van der Waals surface area contributed by atoms with E-state index in [-0.39, 0.29) is 21.5 Å². The Morgan fingerprint density at radius 2 is 1.66 bits per heavy atom. The number of carbonyl (C=O) groups is 2. The third-order valence-corrected chi connectivity index (χ3v) is 5.10. The van der Waals surface area contributed by atoms with Crippen LogP contribution in [0.5, 0.6) is 0 Å². The largest absolute Gasteiger partial charge is 0.351 e. The number of hydrogen-bond acceptors (Lipinski definition) is 4. The molecule has 3 amide bonds. The van der Waals surface area contributed by atoms with Gasteiger partial charge >= 0.3 is 6.03 Å². The normalized spacial score (nSPS) is 10.7. The molecule has 4 aromatic rings. The van der Waals surface area contributed by atoms with Gasteiger partial charge in [-0.15, -0.1) is 0 Å². The number of H-pyrrole nitrogens is 2. The Morgan fingerprint density at radius 3 is 2.41 bits per heavy atom. The molecule has 8 nitrogen and oxygen atoms in total. The maximum atomic E-state index is 14.1. The number of para-hydroxylation sites is 1. The Bertz CT molecular complexity index is 1440. The van der Waals surface area contributed by atoms with Gasteiger partial charge in [-0.25, -0.2) is 9.18 Å². The Kier molecular flexibility index (Phi) is 5.52. The van der Waals surface area contributed by atoms with Crippen LogP contribution in [0, 0.1) is 5.82 Å². The van der Waals surface area contributed by atoms with Gasteiger partial charge in [0.1, 0.15) is 10.8 Å². The predicted molar refractivity (Wildman–Crippen MR) is 123 cm³/mol. The van der Waals surface area contributed by atoms with Crippen LogP contribution in [-0.2, 0) is 0 Å². The third-order valence-electron chi connectivity index (χ3n) is 4.79. The Hall–Kier alpha value is -4.31. The number of halogens is 1. The molecule has 0 atom stereocenters. The second-order valence-electron chi connectivity index (χ2n) is 6.79. The first-order valence-electron chi connectivity index (χ1n) is 9.36. The molecule has 0 aliphatic carbocycles. The SMILES string of the molecule is NC(=O)NC(=S)c1c(-c2ccccc2NC(=O)c2ccccc2F)ccc2[nH][nH]c(=O)c12. The van der Waals surface area contributed by atoms with E-state index < -0.39 is 23.3 Å². The van der Waals surface area contributed by atoms with Crippen LogP contribution in [0.4, 0.5) is 14.9 Å².